The van der Waals surface area contributed by atoms with Crippen LogP contribution >= 0.6 is 0 Å². The third-order valence-corrected chi connectivity index (χ3v) is 4.61. The number of carbonyl (C=O) groups excluding carboxylic acids is 1. The average Bonchev–Trinajstić information content (AvgIpc) is 2.83. The molecular weight excluding hydrogens is 278 g/mol. The molecule has 5 nitrogen and oxygen atoms in total. The van der Waals surface area contributed by atoms with E-state index in [1.807, 2.05) is 19.2 Å². The van der Waals surface area contributed by atoms with E-state index in [2.05, 4.69) is 23.0 Å². The number of aryl methyl sites for hydroxylation is 1. The molecule has 1 aromatic heterocycles. The Bertz CT molecular complexity index is 688. The van der Waals surface area contributed by atoms with Crippen molar-refractivity contribution in [1.82, 2.24) is 14.9 Å². The Morgan fingerprint density at radius 3 is 2.86 bits per heavy atom. The van der Waals surface area contributed by atoms with Crippen LogP contribution in [0.25, 0.3) is 11.0 Å². The van der Waals surface area contributed by atoms with Crippen LogP contribution in [-0.4, -0.2) is 41.5 Å². The summed E-state index contributed by atoms with van der Waals surface area (Å²) in [7, 11) is 3.51. The van der Waals surface area contributed by atoms with Crippen molar-refractivity contribution in [2.24, 2.45) is 5.41 Å². The van der Waals surface area contributed by atoms with E-state index in [1.54, 1.807) is 12.0 Å². The van der Waals surface area contributed by atoms with Gasteiger partial charge in [-0.05, 0) is 37.5 Å². The van der Waals surface area contributed by atoms with Crippen molar-refractivity contribution in [2.45, 2.75) is 32.7 Å². The lowest BCUT2D eigenvalue weighted by Crippen LogP contribution is -2.49. The monoisotopic (exact) mass is 301 g/mol. The number of aromatic amines is 1. The Labute approximate surface area is 130 Å². The van der Waals surface area contributed by atoms with Gasteiger partial charge in [0.15, 0.2) is 0 Å². The van der Waals surface area contributed by atoms with E-state index in [9.17, 15) is 4.79 Å². The van der Waals surface area contributed by atoms with E-state index in [0.29, 0.717) is 13.2 Å². The molecule has 1 saturated carbocycles. The smallest absolute Gasteiger partial charge is 0.231 e. The molecule has 1 aliphatic rings. The van der Waals surface area contributed by atoms with E-state index in [1.165, 1.54) is 5.56 Å². The van der Waals surface area contributed by atoms with Crippen molar-refractivity contribution in [3.8, 4) is 0 Å². The zero-order chi connectivity index (χ0) is 15.7. The van der Waals surface area contributed by atoms with Crippen LogP contribution in [0.3, 0.4) is 0 Å². The van der Waals surface area contributed by atoms with Crippen LogP contribution < -0.4 is 0 Å². The van der Waals surface area contributed by atoms with Crippen LogP contribution in [0.2, 0.25) is 0 Å². The number of fused-ring (bicyclic) bond motifs is 1. The molecule has 1 fully saturated rings. The van der Waals surface area contributed by atoms with Crippen molar-refractivity contribution in [1.29, 1.82) is 0 Å². The molecule has 0 radical (unpaired) electrons. The Morgan fingerprint density at radius 1 is 1.45 bits per heavy atom. The lowest BCUT2D eigenvalue weighted by molar-refractivity contribution is -0.151. The van der Waals surface area contributed by atoms with Gasteiger partial charge in [-0.15, -0.1) is 0 Å². The molecule has 0 unspecified atom stereocenters. The number of hydrogen-bond donors (Lipinski definition) is 1. The lowest BCUT2D eigenvalue weighted by atomic mass is 9.68. The molecule has 118 valence electrons. The van der Waals surface area contributed by atoms with Crippen molar-refractivity contribution < 1.29 is 9.53 Å². The summed E-state index contributed by atoms with van der Waals surface area (Å²) >= 11 is 0. The third kappa shape index (κ3) is 2.61. The standard InChI is InChI=1S/C17H23N3O2/c1-12-5-6-13-14(9-12)19-15(18-13)10-20(2)16(21)17(11-22-3)7-4-8-17/h5-6,9H,4,7-8,10-11H2,1-3H3,(H,18,19). The number of hydrogen-bond acceptors (Lipinski definition) is 3. The number of carbonyl (C=O) groups is 1. The molecule has 5 heteroatoms. The fourth-order valence-electron chi connectivity index (χ4n) is 3.25. The quantitative estimate of drug-likeness (QED) is 0.923. The van der Waals surface area contributed by atoms with Gasteiger partial charge in [-0.3, -0.25) is 4.79 Å². The first kappa shape index (κ1) is 15.0. The first-order valence-corrected chi connectivity index (χ1v) is 7.74. The maximum Gasteiger partial charge on any atom is 0.231 e. The summed E-state index contributed by atoms with van der Waals surface area (Å²) in [6.07, 6.45) is 2.94. The van der Waals surface area contributed by atoms with Crippen LogP contribution in [0.1, 0.15) is 30.7 Å². The summed E-state index contributed by atoms with van der Waals surface area (Å²) in [4.78, 5) is 22.4. The summed E-state index contributed by atoms with van der Waals surface area (Å²) in [6.45, 7) is 3.06. The molecular formula is C17H23N3O2. The largest absolute Gasteiger partial charge is 0.384 e. The molecule has 1 aliphatic carbocycles. The van der Waals surface area contributed by atoms with Gasteiger partial charge < -0.3 is 14.6 Å². The Hall–Kier alpha value is -1.88. The van der Waals surface area contributed by atoms with Crippen LogP contribution in [0, 0.1) is 12.3 Å². The van der Waals surface area contributed by atoms with Crippen LogP contribution in [-0.2, 0) is 16.1 Å². The second-order valence-electron chi connectivity index (χ2n) is 6.43. The van der Waals surface area contributed by atoms with Crippen molar-refractivity contribution >= 4 is 16.9 Å². The highest BCUT2D eigenvalue weighted by atomic mass is 16.5. The number of benzene rings is 1. The van der Waals surface area contributed by atoms with Crippen LogP contribution in [0.5, 0.6) is 0 Å². The van der Waals surface area contributed by atoms with Gasteiger partial charge in [-0.2, -0.15) is 0 Å². The predicted molar refractivity (Wildman–Crippen MR) is 85.5 cm³/mol. The molecule has 0 bridgehead atoms. The molecule has 0 aliphatic heterocycles. The van der Waals surface area contributed by atoms with Crippen molar-refractivity contribution in [3.05, 3.63) is 29.6 Å². The van der Waals surface area contributed by atoms with E-state index in [-0.39, 0.29) is 11.3 Å². The van der Waals surface area contributed by atoms with Gasteiger partial charge in [0.05, 0.1) is 29.6 Å². The van der Waals surface area contributed by atoms with Crippen molar-refractivity contribution in [3.63, 3.8) is 0 Å². The highest BCUT2D eigenvalue weighted by Crippen LogP contribution is 2.42. The fourth-order valence-corrected chi connectivity index (χ4v) is 3.25. The van der Waals surface area contributed by atoms with Gasteiger partial charge in [0.25, 0.3) is 0 Å². The highest BCUT2D eigenvalue weighted by Gasteiger charge is 2.45. The lowest BCUT2D eigenvalue weighted by Gasteiger charge is -2.41. The first-order valence-electron chi connectivity index (χ1n) is 7.74. The highest BCUT2D eigenvalue weighted by molar-refractivity contribution is 5.83. The van der Waals surface area contributed by atoms with Gasteiger partial charge in [0.1, 0.15) is 5.82 Å². The zero-order valence-corrected chi connectivity index (χ0v) is 13.5. The zero-order valence-electron chi connectivity index (χ0n) is 13.5. The average molecular weight is 301 g/mol. The number of aromatic nitrogens is 2. The maximum atomic E-state index is 12.7. The Balaban J connectivity index is 1.74. The second-order valence-corrected chi connectivity index (χ2v) is 6.43. The SMILES string of the molecule is COCC1(C(=O)N(C)Cc2nc3ccc(C)cc3[nH]2)CCC1. The number of ether oxygens (including phenoxy) is 1. The minimum atomic E-state index is -0.313. The predicted octanol–water partition coefficient (Wildman–Crippen LogP) is 2.65. The van der Waals surface area contributed by atoms with E-state index in [4.69, 9.17) is 4.74 Å². The van der Waals surface area contributed by atoms with E-state index < -0.39 is 0 Å². The topological polar surface area (TPSA) is 58.2 Å². The number of amides is 1. The summed E-state index contributed by atoms with van der Waals surface area (Å²) < 4.78 is 5.26. The number of H-pyrrole nitrogens is 1. The summed E-state index contributed by atoms with van der Waals surface area (Å²) in [5.41, 5.74) is 2.84. The number of imidazole rings is 1. The van der Waals surface area contributed by atoms with Crippen LogP contribution in [0.15, 0.2) is 18.2 Å². The van der Waals surface area contributed by atoms with Crippen molar-refractivity contribution in [2.75, 3.05) is 20.8 Å². The van der Waals surface area contributed by atoms with E-state index >= 15 is 0 Å². The molecule has 1 N–H and O–H groups in total. The fraction of sp³-hybridized carbons (Fsp3) is 0.529. The molecule has 1 aromatic carbocycles. The number of rotatable bonds is 5. The van der Waals surface area contributed by atoms with E-state index in [0.717, 1.165) is 36.1 Å². The molecule has 22 heavy (non-hydrogen) atoms. The second kappa shape index (κ2) is 5.72. The Kier molecular flexibility index (Phi) is 3.91. The number of methoxy groups -OCH3 is 1. The van der Waals surface area contributed by atoms with Gasteiger partial charge in [0.2, 0.25) is 5.91 Å². The minimum absolute atomic E-state index is 0.164. The molecule has 1 amide bonds. The van der Waals surface area contributed by atoms with Crippen LogP contribution in [0.4, 0.5) is 0 Å². The minimum Gasteiger partial charge on any atom is -0.384 e. The molecule has 0 saturated heterocycles. The molecule has 1 heterocycles. The Morgan fingerprint density at radius 2 is 2.23 bits per heavy atom. The first-order chi connectivity index (χ1) is 10.5. The third-order valence-electron chi connectivity index (χ3n) is 4.61. The van der Waals surface area contributed by atoms with Gasteiger partial charge in [0, 0.05) is 14.2 Å². The van der Waals surface area contributed by atoms with Gasteiger partial charge in [-0.1, -0.05) is 12.5 Å². The number of nitrogens with zero attached hydrogens (tertiary/aromatic N) is 2. The molecule has 0 spiro atoms. The van der Waals surface area contributed by atoms with Gasteiger partial charge >= 0.3 is 0 Å². The maximum absolute atomic E-state index is 12.7. The van der Waals surface area contributed by atoms with Gasteiger partial charge in [-0.25, -0.2) is 4.98 Å². The summed E-state index contributed by atoms with van der Waals surface area (Å²) in [5.74, 6) is 0.987. The summed E-state index contributed by atoms with van der Waals surface area (Å²) in [6, 6.07) is 6.13. The summed E-state index contributed by atoms with van der Waals surface area (Å²) in [5, 5.41) is 0. The molecule has 3 rings (SSSR count). The number of nitrogens with one attached hydrogen (secondary N) is 1. The molecule has 2 aromatic rings. The normalized spacial score (nSPS) is 16.5. The molecule has 0 atom stereocenters.